The first kappa shape index (κ1) is 12.2. The summed E-state index contributed by atoms with van der Waals surface area (Å²) in [5.74, 6) is 0.301. The lowest BCUT2D eigenvalue weighted by Crippen LogP contribution is -2.02. The number of rotatable bonds is 7. The molecular weight excluding hydrogens is 208 g/mol. The summed E-state index contributed by atoms with van der Waals surface area (Å²) in [7, 11) is -0.273. The molecule has 0 aliphatic carbocycles. The van der Waals surface area contributed by atoms with Crippen LogP contribution in [0.4, 0.5) is 0 Å². The third kappa shape index (κ3) is 4.97. The van der Waals surface area contributed by atoms with E-state index >= 15 is 0 Å². The number of phenols is 1. The van der Waals surface area contributed by atoms with Gasteiger partial charge in [0, 0.05) is 18.8 Å². The molecule has 0 atom stereocenters. The van der Waals surface area contributed by atoms with Gasteiger partial charge in [0.25, 0.3) is 0 Å². The highest BCUT2D eigenvalue weighted by molar-refractivity contribution is 6.24. The van der Waals surface area contributed by atoms with Crippen molar-refractivity contribution in [3.05, 3.63) is 29.8 Å². The number of ether oxygens (including phenoxy) is 1. The van der Waals surface area contributed by atoms with Gasteiger partial charge in [-0.1, -0.05) is 24.7 Å². The number of phenolic OH excluding ortho intramolecular Hbond substituents is 1. The first-order valence-corrected chi connectivity index (χ1v) is 7.26. The molecule has 0 heterocycles. The lowest BCUT2D eigenvalue weighted by Gasteiger charge is -2.06. The molecule has 1 N–H and O–H groups in total. The van der Waals surface area contributed by atoms with Crippen LogP contribution in [0.5, 0.6) is 5.75 Å². The van der Waals surface area contributed by atoms with Crippen LogP contribution in [0.1, 0.15) is 12.0 Å². The summed E-state index contributed by atoms with van der Waals surface area (Å²) in [6, 6.07) is 7.23. The van der Waals surface area contributed by atoms with Crippen LogP contribution in [0.25, 0.3) is 0 Å². The van der Waals surface area contributed by atoms with E-state index in [4.69, 9.17) is 9.16 Å². The van der Waals surface area contributed by atoms with E-state index in [1.165, 1.54) is 0 Å². The second-order valence-electron chi connectivity index (χ2n) is 3.23. The third-order valence-electron chi connectivity index (χ3n) is 2.03. The molecule has 1 aromatic rings. The quantitative estimate of drug-likeness (QED) is 0.565. The molecule has 3 nitrogen and oxygen atoms in total. The summed E-state index contributed by atoms with van der Waals surface area (Å²) >= 11 is 0. The molecule has 0 spiro atoms. The molecule has 15 heavy (non-hydrogen) atoms. The van der Waals surface area contributed by atoms with Gasteiger partial charge in [0.1, 0.15) is 5.75 Å². The fourth-order valence-electron chi connectivity index (χ4n) is 1.22. The highest BCUT2D eigenvalue weighted by Crippen LogP contribution is 2.16. The van der Waals surface area contributed by atoms with E-state index in [0.717, 1.165) is 18.6 Å². The van der Waals surface area contributed by atoms with Crippen molar-refractivity contribution in [1.82, 2.24) is 0 Å². The first-order chi connectivity index (χ1) is 7.34. The van der Waals surface area contributed by atoms with Gasteiger partial charge in [-0.25, -0.2) is 0 Å². The Morgan fingerprint density at radius 3 is 2.80 bits per heavy atom. The summed E-state index contributed by atoms with van der Waals surface area (Å²) in [6.45, 7) is 4.06. The van der Waals surface area contributed by atoms with E-state index in [2.05, 4.69) is 6.55 Å². The Bertz CT molecular complexity index is 278. The highest BCUT2D eigenvalue weighted by atomic mass is 28.2. The predicted octanol–water partition coefficient (Wildman–Crippen LogP) is 1.45. The maximum Gasteiger partial charge on any atom is 0.158 e. The Balaban J connectivity index is 2.12. The third-order valence-corrected chi connectivity index (χ3v) is 2.73. The van der Waals surface area contributed by atoms with E-state index in [-0.39, 0.29) is 9.76 Å². The average Bonchev–Trinajstić information content (AvgIpc) is 2.25. The second-order valence-corrected chi connectivity index (χ2v) is 4.22. The van der Waals surface area contributed by atoms with Gasteiger partial charge in [0.2, 0.25) is 0 Å². The van der Waals surface area contributed by atoms with Gasteiger partial charge in [-0.05, 0) is 12.5 Å². The zero-order valence-electron chi connectivity index (χ0n) is 9.11. The van der Waals surface area contributed by atoms with Crippen LogP contribution in [0.3, 0.4) is 0 Å². The molecule has 84 valence electrons. The predicted molar refractivity (Wildman–Crippen MR) is 62.7 cm³/mol. The zero-order valence-corrected chi connectivity index (χ0v) is 10.5. The van der Waals surface area contributed by atoms with Gasteiger partial charge in [-0.2, -0.15) is 0 Å². The second kappa shape index (κ2) is 7.45. The van der Waals surface area contributed by atoms with Crippen LogP contribution in [-0.4, -0.2) is 28.1 Å². The molecule has 0 aromatic heterocycles. The van der Waals surface area contributed by atoms with Gasteiger partial charge in [-0.15, -0.1) is 0 Å². The van der Waals surface area contributed by atoms with Gasteiger partial charge < -0.3 is 14.3 Å². The smallest absolute Gasteiger partial charge is 0.158 e. The van der Waals surface area contributed by atoms with Crippen molar-refractivity contribution in [3.63, 3.8) is 0 Å². The van der Waals surface area contributed by atoms with Crippen molar-refractivity contribution in [2.45, 2.75) is 19.6 Å². The van der Waals surface area contributed by atoms with Crippen molar-refractivity contribution in [3.8, 4) is 5.75 Å². The molecule has 4 heteroatoms. The van der Waals surface area contributed by atoms with Crippen molar-refractivity contribution in [2.75, 3.05) is 13.2 Å². The fourth-order valence-corrected chi connectivity index (χ4v) is 1.72. The number of para-hydroxylation sites is 1. The van der Waals surface area contributed by atoms with Gasteiger partial charge >= 0.3 is 0 Å². The largest absolute Gasteiger partial charge is 0.508 e. The molecule has 0 amide bonds. The minimum absolute atomic E-state index is 0.273. The van der Waals surface area contributed by atoms with Crippen molar-refractivity contribution in [2.24, 2.45) is 0 Å². The molecule has 0 bridgehead atoms. The summed E-state index contributed by atoms with van der Waals surface area (Å²) in [4.78, 5) is 0. The summed E-state index contributed by atoms with van der Waals surface area (Å²) < 4.78 is 10.7. The Labute approximate surface area is 93.0 Å². The fraction of sp³-hybridized carbons (Fsp3) is 0.455. The number of aromatic hydroxyl groups is 1. The minimum atomic E-state index is -0.273. The van der Waals surface area contributed by atoms with E-state index in [1.807, 2.05) is 12.1 Å². The molecule has 0 unspecified atom stereocenters. The summed E-state index contributed by atoms with van der Waals surface area (Å²) in [5, 5.41) is 9.45. The van der Waals surface area contributed by atoms with Crippen molar-refractivity contribution in [1.29, 1.82) is 0 Å². The standard InChI is InChI=1S/C11H18O3Si/c1-15-14-8-4-7-13-9-10-5-2-3-6-11(10)12/h2-3,5-6,12H,4,7-9,15H2,1H3. The molecule has 1 rings (SSSR count). The monoisotopic (exact) mass is 226 g/mol. The number of hydrogen-bond acceptors (Lipinski definition) is 3. The van der Waals surface area contributed by atoms with Crippen LogP contribution >= 0.6 is 0 Å². The van der Waals surface area contributed by atoms with Crippen LogP contribution in [0, 0.1) is 0 Å². The molecule has 0 aliphatic heterocycles. The molecule has 1 aromatic carbocycles. The topological polar surface area (TPSA) is 38.7 Å². The zero-order chi connectivity index (χ0) is 10.9. The molecule has 0 aliphatic rings. The van der Waals surface area contributed by atoms with Crippen LogP contribution in [0.15, 0.2) is 24.3 Å². The Morgan fingerprint density at radius 2 is 2.07 bits per heavy atom. The molecule has 0 radical (unpaired) electrons. The lowest BCUT2D eigenvalue weighted by atomic mass is 10.2. The Morgan fingerprint density at radius 1 is 1.27 bits per heavy atom. The van der Waals surface area contributed by atoms with E-state index in [0.29, 0.717) is 19.0 Å². The average molecular weight is 226 g/mol. The van der Waals surface area contributed by atoms with E-state index in [9.17, 15) is 5.11 Å². The first-order valence-electron chi connectivity index (χ1n) is 5.27. The number of benzene rings is 1. The van der Waals surface area contributed by atoms with Gasteiger partial charge in [0.15, 0.2) is 9.76 Å². The summed E-state index contributed by atoms with van der Waals surface area (Å²) in [5.41, 5.74) is 0.836. The summed E-state index contributed by atoms with van der Waals surface area (Å²) in [6.07, 6.45) is 0.925. The minimum Gasteiger partial charge on any atom is -0.508 e. The molecule has 0 saturated carbocycles. The highest BCUT2D eigenvalue weighted by Gasteiger charge is 1.98. The lowest BCUT2D eigenvalue weighted by molar-refractivity contribution is 0.106. The number of hydrogen-bond donors (Lipinski definition) is 1. The van der Waals surface area contributed by atoms with Gasteiger partial charge in [0.05, 0.1) is 6.61 Å². The molecule has 0 fully saturated rings. The normalized spacial score (nSPS) is 11.3. The molecular formula is C11H18O3Si. The van der Waals surface area contributed by atoms with Gasteiger partial charge in [-0.3, -0.25) is 0 Å². The molecule has 0 saturated heterocycles. The van der Waals surface area contributed by atoms with E-state index < -0.39 is 0 Å². The maximum atomic E-state index is 9.45. The van der Waals surface area contributed by atoms with Crippen LogP contribution in [-0.2, 0) is 15.8 Å². The van der Waals surface area contributed by atoms with Crippen molar-refractivity contribution >= 4 is 9.76 Å². The Hall–Kier alpha value is -0.843. The van der Waals surface area contributed by atoms with E-state index in [1.54, 1.807) is 12.1 Å². The van der Waals surface area contributed by atoms with Crippen molar-refractivity contribution < 1.29 is 14.3 Å². The van der Waals surface area contributed by atoms with Crippen LogP contribution in [0.2, 0.25) is 6.55 Å². The van der Waals surface area contributed by atoms with Crippen LogP contribution < -0.4 is 0 Å². The SMILES string of the molecule is C[SiH2]OCCCOCc1ccccc1O. The maximum absolute atomic E-state index is 9.45. The Kier molecular flexibility index (Phi) is 6.07.